The second-order valence-corrected chi connectivity index (χ2v) is 2.00. The molecule has 0 rings (SSSR count). The van der Waals surface area contributed by atoms with Gasteiger partial charge in [-0.05, 0) is 0 Å². The maximum absolute atomic E-state index is 11.5. The highest BCUT2D eigenvalue weighted by atomic mass is 19.3. The summed E-state index contributed by atoms with van der Waals surface area (Å²) in [6.07, 6.45) is 2.36. The molecule has 0 aromatic heterocycles. The monoisotopic (exact) mass is 176 g/mol. The molecule has 5 heteroatoms. The van der Waals surface area contributed by atoms with E-state index in [1.54, 1.807) is 0 Å². The number of rotatable bonds is 5. The fourth-order valence-electron chi connectivity index (χ4n) is 0.502. The lowest BCUT2D eigenvalue weighted by Crippen LogP contribution is -2.36. The molecular weight excluding hydrogens is 166 g/mol. The Kier molecular flexibility index (Phi) is 5.93. The van der Waals surface area contributed by atoms with Crippen LogP contribution < -0.4 is 10.6 Å². The first kappa shape index (κ1) is 10.8. The van der Waals surface area contributed by atoms with Gasteiger partial charge >= 0.3 is 0 Å². The van der Waals surface area contributed by atoms with Crippen LogP contribution >= 0.6 is 0 Å². The molecule has 2 N–H and O–H groups in total. The normalized spacial score (nSPS) is 9.50. The summed E-state index contributed by atoms with van der Waals surface area (Å²) < 4.78 is 23.0. The van der Waals surface area contributed by atoms with Crippen molar-refractivity contribution in [2.45, 2.75) is 6.43 Å². The highest BCUT2D eigenvalue weighted by Gasteiger charge is 2.04. The summed E-state index contributed by atoms with van der Waals surface area (Å²) in [6, 6.07) is 0. The van der Waals surface area contributed by atoms with Gasteiger partial charge in [-0.1, -0.05) is 5.92 Å². The molecule has 0 aliphatic heterocycles. The molecule has 0 heterocycles. The van der Waals surface area contributed by atoms with Crippen molar-refractivity contribution in [2.75, 3.05) is 19.6 Å². The number of amides is 1. The van der Waals surface area contributed by atoms with Gasteiger partial charge in [0.15, 0.2) is 0 Å². The third kappa shape index (κ3) is 6.96. The van der Waals surface area contributed by atoms with Gasteiger partial charge in [0.1, 0.15) is 0 Å². The fourth-order valence-corrected chi connectivity index (χ4v) is 0.502. The lowest BCUT2D eigenvalue weighted by Gasteiger charge is -2.03. The van der Waals surface area contributed by atoms with E-state index in [0.29, 0.717) is 0 Å². The second-order valence-electron chi connectivity index (χ2n) is 2.00. The van der Waals surface area contributed by atoms with Gasteiger partial charge in [-0.2, -0.15) is 0 Å². The molecule has 0 radical (unpaired) electrons. The van der Waals surface area contributed by atoms with Gasteiger partial charge in [0, 0.05) is 0 Å². The Bertz CT molecular complexity index is 177. The summed E-state index contributed by atoms with van der Waals surface area (Å²) in [5, 5.41) is 4.59. The van der Waals surface area contributed by atoms with Gasteiger partial charge in [-0.15, -0.1) is 6.42 Å². The number of halogens is 2. The number of alkyl halides is 2. The zero-order chi connectivity index (χ0) is 9.40. The molecule has 0 spiro atoms. The van der Waals surface area contributed by atoms with Crippen molar-refractivity contribution in [3.8, 4) is 12.3 Å². The number of carbonyl (C=O) groups is 1. The second kappa shape index (κ2) is 6.55. The first-order valence-corrected chi connectivity index (χ1v) is 3.36. The van der Waals surface area contributed by atoms with E-state index < -0.39 is 18.9 Å². The predicted molar refractivity (Wildman–Crippen MR) is 40.7 cm³/mol. The Morgan fingerprint density at radius 2 is 2.25 bits per heavy atom. The number of carbonyl (C=O) groups excluding carboxylic acids is 1. The van der Waals surface area contributed by atoms with Crippen molar-refractivity contribution >= 4 is 5.91 Å². The van der Waals surface area contributed by atoms with E-state index in [4.69, 9.17) is 6.42 Å². The predicted octanol–water partition coefficient (Wildman–Crippen LogP) is -0.410. The first-order valence-electron chi connectivity index (χ1n) is 3.36. The van der Waals surface area contributed by atoms with Gasteiger partial charge in [0.05, 0.1) is 19.6 Å². The van der Waals surface area contributed by atoms with Crippen LogP contribution in [-0.2, 0) is 4.79 Å². The summed E-state index contributed by atoms with van der Waals surface area (Å²) in [7, 11) is 0. The SMILES string of the molecule is C#CCNCC(=O)NCC(F)F. The molecule has 0 unspecified atom stereocenters. The topological polar surface area (TPSA) is 41.1 Å². The largest absolute Gasteiger partial charge is 0.349 e. The molecule has 0 aromatic carbocycles. The van der Waals surface area contributed by atoms with Crippen LogP contribution in [0.15, 0.2) is 0 Å². The van der Waals surface area contributed by atoms with Crippen molar-refractivity contribution in [1.82, 2.24) is 10.6 Å². The van der Waals surface area contributed by atoms with Crippen LogP contribution in [0.4, 0.5) is 8.78 Å². The van der Waals surface area contributed by atoms with Gasteiger partial charge in [-0.3, -0.25) is 10.1 Å². The quantitative estimate of drug-likeness (QED) is 0.441. The van der Waals surface area contributed by atoms with Crippen molar-refractivity contribution in [3.05, 3.63) is 0 Å². The molecule has 0 saturated carbocycles. The third-order valence-electron chi connectivity index (χ3n) is 0.966. The molecule has 0 aliphatic rings. The lowest BCUT2D eigenvalue weighted by atomic mass is 10.5. The van der Waals surface area contributed by atoms with Gasteiger partial charge in [0.2, 0.25) is 5.91 Å². The van der Waals surface area contributed by atoms with Crippen molar-refractivity contribution in [1.29, 1.82) is 0 Å². The molecule has 12 heavy (non-hydrogen) atoms. The van der Waals surface area contributed by atoms with Crippen LogP contribution in [0, 0.1) is 12.3 Å². The summed E-state index contributed by atoms with van der Waals surface area (Å²) in [6.45, 7) is -0.393. The average Bonchev–Trinajstić information content (AvgIpc) is 2.01. The van der Waals surface area contributed by atoms with Crippen molar-refractivity contribution in [2.24, 2.45) is 0 Å². The van der Waals surface area contributed by atoms with E-state index in [1.165, 1.54) is 0 Å². The minimum absolute atomic E-state index is 0.0308. The van der Waals surface area contributed by atoms with Gasteiger partial charge in [-0.25, -0.2) is 8.78 Å². The summed E-state index contributed by atoms with van der Waals surface area (Å²) in [5.41, 5.74) is 0. The molecule has 1 amide bonds. The van der Waals surface area contributed by atoms with Gasteiger partial charge < -0.3 is 5.32 Å². The Labute approximate surface area is 69.5 Å². The van der Waals surface area contributed by atoms with E-state index in [2.05, 4.69) is 11.2 Å². The molecule has 0 aromatic rings. The van der Waals surface area contributed by atoms with Crippen LogP contribution in [0.25, 0.3) is 0 Å². The zero-order valence-corrected chi connectivity index (χ0v) is 6.44. The molecular formula is C7H10F2N2O. The number of hydrogen-bond donors (Lipinski definition) is 2. The Morgan fingerprint density at radius 1 is 1.58 bits per heavy atom. The summed E-state index contributed by atoms with van der Waals surface area (Å²) >= 11 is 0. The Morgan fingerprint density at radius 3 is 2.75 bits per heavy atom. The standard InChI is InChI=1S/C7H10F2N2O/c1-2-3-10-5-7(12)11-4-6(8)9/h1,6,10H,3-5H2,(H,11,12). The minimum Gasteiger partial charge on any atom is -0.349 e. The van der Waals surface area contributed by atoms with E-state index in [1.807, 2.05) is 5.32 Å². The van der Waals surface area contributed by atoms with Crippen LogP contribution in [0.5, 0.6) is 0 Å². The molecule has 0 saturated heterocycles. The molecule has 0 atom stereocenters. The van der Waals surface area contributed by atoms with Crippen LogP contribution in [0.2, 0.25) is 0 Å². The van der Waals surface area contributed by atoms with Crippen LogP contribution in [0.1, 0.15) is 0 Å². The van der Waals surface area contributed by atoms with Gasteiger partial charge in [0.25, 0.3) is 6.43 Å². The maximum atomic E-state index is 11.5. The number of hydrogen-bond acceptors (Lipinski definition) is 2. The average molecular weight is 176 g/mol. The third-order valence-corrected chi connectivity index (χ3v) is 0.966. The number of nitrogens with one attached hydrogen (secondary N) is 2. The first-order chi connectivity index (χ1) is 5.66. The molecule has 0 bridgehead atoms. The van der Waals surface area contributed by atoms with E-state index in [-0.39, 0.29) is 13.1 Å². The van der Waals surface area contributed by atoms with Crippen LogP contribution in [-0.4, -0.2) is 32.0 Å². The fraction of sp³-hybridized carbons (Fsp3) is 0.571. The van der Waals surface area contributed by atoms with E-state index >= 15 is 0 Å². The highest BCUT2D eigenvalue weighted by Crippen LogP contribution is 1.86. The molecule has 0 fully saturated rings. The Balaban J connectivity index is 3.29. The summed E-state index contributed by atoms with van der Waals surface area (Å²) in [5.74, 6) is 1.77. The summed E-state index contributed by atoms with van der Waals surface area (Å²) in [4.78, 5) is 10.6. The van der Waals surface area contributed by atoms with Crippen molar-refractivity contribution in [3.63, 3.8) is 0 Å². The molecule has 68 valence electrons. The van der Waals surface area contributed by atoms with E-state index in [9.17, 15) is 13.6 Å². The zero-order valence-electron chi connectivity index (χ0n) is 6.44. The maximum Gasteiger partial charge on any atom is 0.255 e. The minimum atomic E-state index is -2.51. The number of terminal acetylenes is 1. The van der Waals surface area contributed by atoms with E-state index in [0.717, 1.165) is 0 Å². The molecule has 0 aliphatic carbocycles. The highest BCUT2D eigenvalue weighted by molar-refractivity contribution is 5.77. The van der Waals surface area contributed by atoms with Crippen molar-refractivity contribution < 1.29 is 13.6 Å². The molecule has 3 nitrogen and oxygen atoms in total. The smallest absolute Gasteiger partial charge is 0.255 e. The van der Waals surface area contributed by atoms with Crippen LogP contribution in [0.3, 0.4) is 0 Å². The lowest BCUT2D eigenvalue weighted by molar-refractivity contribution is -0.120. The Hall–Kier alpha value is -1.15.